The summed E-state index contributed by atoms with van der Waals surface area (Å²) < 4.78 is 7.51. The lowest BCUT2D eigenvalue weighted by Gasteiger charge is -2.23. The van der Waals surface area contributed by atoms with Crippen LogP contribution < -0.4 is 10.6 Å². The van der Waals surface area contributed by atoms with Crippen LogP contribution in [0.3, 0.4) is 0 Å². The van der Waals surface area contributed by atoms with Crippen LogP contribution in [0.4, 0.5) is 4.79 Å². The summed E-state index contributed by atoms with van der Waals surface area (Å²) in [6.45, 7) is 5.56. The maximum absolute atomic E-state index is 13.0. The van der Waals surface area contributed by atoms with Crippen molar-refractivity contribution >= 4 is 34.9 Å². The molecule has 0 spiro atoms. The van der Waals surface area contributed by atoms with Crippen molar-refractivity contribution in [2.45, 2.75) is 32.4 Å². The molecule has 9 heteroatoms. The molecule has 3 aromatic rings. The van der Waals surface area contributed by atoms with E-state index in [0.29, 0.717) is 9.21 Å². The predicted octanol–water partition coefficient (Wildman–Crippen LogP) is 4.80. The first-order valence-corrected chi connectivity index (χ1v) is 10.9. The van der Waals surface area contributed by atoms with Crippen LogP contribution >= 0.6 is 22.9 Å². The molecule has 0 saturated carbocycles. The van der Waals surface area contributed by atoms with Gasteiger partial charge in [-0.15, -0.1) is 11.3 Å². The highest BCUT2D eigenvalue weighted by Crippen LogP contribution is 2.35. The van der Waals surface area contributed by atoms with Crippen molar-refractivity contribution in [1.82, 2.24) is 20.4 Å². The van der Waals surface area contributed by atoms with Crippen LogP contribution in [-0.2, 0) is 11.8 Å². The quantitative estimate of drug-likeness (QED) is 0.553. The van der Waals surface area contributed by atoms with Gasteiger partial charge < -0.3 is 15.4 Å². The molecule has 0 radical (unpaired) electrons. The van der Waals surface area contributed by atoms with Crippen LogP contribution in [0.5, 0.6) is 0 Å². The SMILES string of the molecule is Cn1nccc1-c1cc(C(=O)N[C@H](CNC(=O)OC(C)(C)C)c2ccccc2)sc1Cl. The Morgan fingerprint density at radius 1 is 1.23 bits per heavy atom. The van der Waals surface area contributed by atoms with Gasteiger partial charge in [-0.3, -0.25) is 9.48 Å². The molecule has 31 heavy (non-hydrogen) atoms. The van der Waals surface area contributed by atoms with Gasteiger partial charge in [-0.25, -0.2) is 4.79 Å². The Morgan fingerprint density at radius 3 is 2.55 bits per heavy atom. The first-order chi connectivity index (χ1) is 14.6. The molecule has 0 saturated heterocycles. The number of carbonyl (C=O) groups is 2. The van der Waals surface area contributed by atoms with Crippen molar-refractivity contribution in [2.24, 2.45) is 7.05 Å². The van der Waals surface area contributed by atoms with E-state index >= 15 is 0 Å². The summed E-state index contributed by atoms with van der Waals surface area (Å²) in [4.78, 5) is 25.6. The molecule has 164 valence electrons. The van der Waals surface area contributed by atoms with Crippen molar-refractivity contribution in [3.63, 3.8) is 0 Å². The van der Waals surface area contributed by atoms with Crippen LogP contribution in [0, 0.1) is 0 Å². The summed E-state index contributed by atoms with van der Waals surface area (Å²) in [5.41, 5.74) is 1.83. The van der Waals surface area contributed by atoms with Crippen molar-refractivity contribution in [1.29, 1.82) is 0 Å². The zero-order valence-electron chi connectivity index (χ0n) is 17.8. The van der Waals surface area contributed by atoms with E-state index in [1.807, 2.05) is 43.4 Å². The number of amides is 2. The predicted molar refractivity (Wildman–Crippen MR) is 122 cm³/mol. The van der Waals surface area contributed by atoms with E-state index in [0.717, 1.165) is 16.8 Å². The number of carbonyl (C=O) groups excluding carboxylic acids is 2. The first-order valence-electron chi connectivity index (χ1n) is 9.74. The average molecular weight is 461 g/mol. The smallest absolute Gasteiger partial charge is 0.407 e. The van der Waals surface area contributed by atoms with Gasteiger partial charge in [-0.2, -0.15) is 5.10 Å². The van der Waals surface area contributed by atoms with Gasteiger partial charge in [0.25, 0.3) is 5.91 Å². The molecule has 2 heterocycles. The fourth-order valence-electron chi connectivity index (χ4n) is 2.96. The Kier molecular flexibility index (Phi) is 7.02. The second-order valence-corrected chi connectivity index (χ2v) is 9.61. The number of thiophene rings is 1. The molecular formula is C22H25ClN4O3S. The molecule has 7 nitrogen and oxygen atoms in total. The number of aryl methyl sites for hydroxylation is 1. The van der Waals surface area contributed by atoms with Gasteiger partial charge in [-0.1, -0.05) is 41.9 Å². The second-order valence-electron chi connectivity index (χ2n) is 7.96. The summed E-state index contributed by atoms with van der Waals surface area (Å²) in [5.74, 6) is -0.278. The molecule has 0 fully saturated rings. The average Bonchev–Trinajstić information content (AvgIpc) is 3.29. The first kappa shape index (κ1) is 22.8. The third kappa shape index (κ3) is 6.08. The van der Waals surface area contributed by atoms with E-state index in [2.05, 4.69) is 15.7 Å². The van der Waals surface area contributed by atoms with Gasteiger partial charge in [0, 0.05) is 25.4 Å². The van der Waals surface area contributed by atoms with Gasteiger partial charge in [-0.05, 0) is 38.5 Å². The maximum atomic E-state index is 13.0. The molecule has 0 aliphatic carbocycles. The Balaban J connectivity index is 1.76. The second kappa shape index (κ2) is 9.53. The Hall–Kier alpha value is -2.84. The number of hydrogen-bond acceptors (Lipinski definition) is 5. The molecule has 2 aromatic heterocycles. The number of aromatic nitrogens is 2. The monoisotopic (exact) mass is 460 g/mol. The topological polar surface area (TPSA) is 85.3 Å². The Labute approximate surface area is 190 Å². The molecule has 1 aromatic carbocycles. The van der Waals surface area contributed by atoms with Gasteiger partial charge >= 0.3 is 6.09 Å². The molecule has 1 atom stereocenters. The van der Waals surface area contributed by atoms with E-state index in [-0.39, 0.29) is 12.5 Å². The Morgan fingerprint density at radius 2 is 1.94 bits per heavy atom. The number of nitrogens with one attached hydrogen (secondary N) is 2. The molecule has 0 aliphatic heterocycles. The van der Waals surface area contributed by atoms with Crippen molar-refractivity contribution in [3.8, 4) is 11.3 Å². The van der Waals surface area contributed by atoms with Crippen LogP contribution in [0.1, 0.15) is 42.0 Å². The minimum absolute atomic E-state index is 0.179. The number of benzene rings is 1. The largest absolute Gasteiger partial charge is 0.444 e. The van der Waals surface area contributed by atoms with Crippen molar-refractivity contribution in [3.05, 3.63) is 63.4 Å². The third-order valence-corrected chi connectivity index (χ3v) is 5.72. The van der Waals surface area contributed by atoms with E-state index in [1.54, 1.807) is 37.7 Å². The minimum Gasteiger partial charge on any atom is -0.444 e. The highest BCUT2D eigenvalue weighted by molar-refractivity contribution is 7.18. The summed E-state index contributed by atoms with van der Waals surface area (Å²) in [5, 5.41) is 9.87. The van der Waals surface area contributed by atoms with Crippen LogP contribution in [0.25, 0.3) is 11.3 Å². The van der Waals surface area contributed by atoms with Gasteiger partial charge in [0.2, 0.25) is 0 Å². The van der Waals surface area contributed by atoms with E-state index in [9.17, 15) is 9.59 Å². The highest BCUT2D eigenvalue weighted by Gasteiger charge is 2.22. The van der Waals surface area contributed by atoms with Gasteiger partial charge in [0.15, 0.2) is 0 Å². The third-order valence-electron chi connectivity index (χ3n) is 4.36. The zero-order valence-corrected chi connectivity index (χ0v) is 19.4. The van der Waals surface area contributed by atoms with Crippen molar-refractivity contribution < 1.29 is 14.3 Å². The summed E-state index contributed by atoms with van der Waals surface area (Å²) in [6.07, 6.45) is 1.14. The van der Waals surface area contributed by atoms with E-state index < -0.39 is 17.7 Å². The van der Waals surface area contributed by atoms with Gasteiger partial charge in [0.05, 0.1) is 16.6 Å². The molecule has 0 aliphatic rings. The van der Waals surface area contributed by atoms with E-state index in [4.69, 9.17) is 16.3 Å². The van der Waals surface area contributed by atoms with E-state index in [1.165, 1.54) is 11.3 Å². The fraction of sp³-hybridized carbons (Fsp3) is 0.318. The molecular weight excluding hydrogens is 436 g/mol. The molecule has 0 bridgehead atoms. The minimum atomic E-state index is -0.606. The number of alkyl carbamates (subject to hydrolysis) is 1. The summed E-state index contributed by atoms with van der Waals surface area (Å²) in [7, 11) is 1.82. The molecule has 3 rings (SSSR count). The zero-order chi connectivity index (χ0) is 22.6. The molecule has 2 N–H and O–H groups in total. The number of hydrogen-bond donors (Lipinski definition) is 2. The van der Waals surface area contributed by atoms with Crippen LogP contribution in [0.2, 0.25) is 4.34 Å². The Bertz CT molecular complexity index is 1060. The normalized spacial score (nSPS) is 12.3. The number of nitrogens with zero attached hydrogens (tertiary/aromatic N) is 2. The number of ether oxygens (including phenoxy) is 1. The summed E-state index contributed by atoms with van der Waals surface area (Å²) >= 11 is 7.59. The lowest BCUT2D eigenvalue weighted by atomic mass is 10.1. The number of halogens is 1. The summed E-state index contributed by atoms with van der Waals surface area (Å²) in [6, 6.07) is 12.6. The fourth-order valence-corrected chi connectivity index (χ4v) is 4.16. The van der Waals surface area contributed by atoms with Crippen LogP contribution in [0.15, 0.2) is 48.7 Å². The lowest BCUT2D eigenvalue weighted by molar-refractivity contribution is 0.0520. The lowest BCUT2D eigenvalue weighted by Crippen LogP contribution is -2.40. The standard InChI is InChI=1S/C22H25ClN4O3S/c1-22(2,3)30-21(29)24-13-16(14-8-6-5-7-9-14)26-20(28)18-12-15(19(23)31-18)17-10-11-25-27(17)4/h5-12,16H,13H2,1-4H3,(H,24,29)(H,26,28)/t16-/m1/s1. The molecule has 0 unspecified atom stereocenters. The molecule has 2 amide bonds. The van der Waals surface area contributed by atoms with Crippen LogP contribution in [-0.4, -0.2) is 33.9 Å². The maximum Gasteiger partial charge on any atom is 0.407 e. The van der Waals surface area contributed by atoms with Crippen molar-refractivity contribution in [2.75, 3.05) is 6.54 Å². The van der Waals surface area contributed by atoms with Gasteiger partial charge in [0.1, 0.15) is 9.94 Å². The highest BCUT2D eigenvalue weighted by atomic mass is 35.5. The number of rotatable bonds is 6.